The third kappa shape index (κ3) is 3.48. The smallest absolute Gasteiger partial charge is 0.245 e. The van der Waals surface area contributed by atoms with Gasteiger partial charge in [-0.2, -0.15) is 4.31 Å². The van der Waals surface area contributed by atoms with Gasteiger partial charge < -0.3 is 4.90 Å². The highest BCUT2D eigenvalue weighted by Gasteiger charge is 2.33. The van der Waals surface area contributed by atoms with Crippen LogP contribution in [0.3, 0.4) is 0 Å². The Hall–Kier alpha value is -2.63. The van der Waals surface area contributed by atoms with Crippen LogP contribution in [0, 0.1) is 5.92 Å². The molecule has 3 aromatic heterocycles. The summed E-state index contributed by atoms with van der Waals surface area (Å²) in [5.74, 6) is 2.50. The number of aryl methyl sites for hydroxylation is 2. The van der Waals surface area contributed by atoms with E-state index in [0.29, 0.717) is 37.6 Å². The van der Waals surface area contributed by atoms with E-state index in [9.17, 15) is 8.42 Å². The highest BCUT2D eigenvalue weighted by molar-refractivity contribution is 7.89. The van der Waals surface area contributed by atoms with Crippen molar-refractivity contribution in [2.24, 2.45) is 5.92 Å². The molecule has 11 heteroatoms. The van der Waals surface area contributed by atoms with Crippen LogP contribution in [0.5, 0.6) is 0 Å². The number of sulfonamides is 1. The first-order chi connectivity index (χ1) is 16.5. The van der Waals surface area contributed by atoms with E-state index in [4.69, 9.17) is 14.6 Å². The first kappa shape index (κ1) is 21.9. The van der Waals surface area contributed by atoms with Crippen molar-refractivity contribution in [2.75, 3.05) is 31.1 Å². The van der Waals surface area contributed by atoms with Gasteiger partial charge in [0.15, 0.2) is 5.52 Å². The lowest BCUT2D eigenvalue weighted by molar-refractivity contribution is 0.315. The molecule has 0 unspecified atom stereocenters. The molecule has 0 bridgehead atoms. The van der Waals surface area contributed by atoms with E-state index < -0.39 is 10.0 Å². The monoisotopic (exact) mass is 498 g/mol. The highest BCUT2D eigenvalue weighted by atomic mass is 32.2. The van der Waals surface area contributed by atoms with E-state index in [1.807, 2.05) is 11.3 Å². The normalized spacial score (nSPS) is 19.7. The second-order valence-corrected chi connectivity index (χ2v) is 12.1. The maximum Gasteiger partial charge on any atom is 0.245 e. The fraction of sp³-hybridized carbons (Fsp3) is 0.478. The molecule has 1 fully saturated rings. The number of hydrogen-bond donors (Lipinski definition) is 0. The number of piperazine rings is 1. The van der Waals surface area contributed by atoms with Gasteiger partial charge in [-0.15, -0.1) is 11.3 Å². The van der Waals surface area contributed by atoms with E-state index in [-0.39, 0.29) is 10.4 Å². The molecule has 0 radical (unpaired) electrons. The van der Waals surface area contributed by atoms with Crippen molar-refractivity contribution in [3.8, 4) is 0 Å². The summed E-state index contributed by atoms with van der Waals surface area (Å²) in [6.45, 7) is 6.28. The molecular weight excluding hydrogens is 472 g/mol. The van der Waals surface area contributed by atoms with Crippen LogP contribution >= 0.6 is 11.3 Å². The predicted octanol–water partition coefficient (Wildman–Crippen LogP) is 3.43. The summed E-state index contributed by atoms with van der Waals surface area (Å²) in [5, 5.41) is 8.78. The van der Waals surface area contributed by atoms with Crippen molar-refractivity contribution in [3.63, 3.8) is 0 Å². The molecule has 1 aliphatic carbocycles. The molecule has 0 N–H and O–H groups in total. The standard InChI is InChI=1S/C23H26N6O3S2/c1-3-19-24-22(20-15-8-7-14(2)13-17(15)33-23(20)25-19)28-9-11-29(12-10-28)34(30,31)18-6-4-5-16-21(18)27-32-26-16/h4-6,14H,3,7-13H2,1-2H3/t14-/m0/s1. The quantitative estimate of drug-likeness (QED) is 0.421. The van der Waals surface area contributed by atoms with Crippen LogP contribution in [0.2, 0.25) is 0 Å². The molecule has 0 spiro atoms. The Balaban J connectivity index is 1.32. The molecule has 1 aliphatic heterocycles. The minimum Gasteiger partial charge on any atom is -0.353 e. The van der Waals surface area contributed by atoms with Crippen molar-refractivity contribution < 1.29 is 13.0 Å². The molecule has 178 valence electrons. The lowest BCUT2D eigenvalue weighted by Gasteiger charge is -2.35. The minimum atomic E-state index is -3.72. The van der Waals surface area contributed by atoms with Crippen LogP contribution in [-0.2, 0) is 29.3 Å². The number of hydrogen-bond acceptors (Lipinski definition) is 9. The number of thiophene rings is 1. The first-order valence-electron chi connectivity index (χ1n) is 11.7. The summed E-state index contributed by atoms with van der Waals surface area (Å²) in [4.78, 5) is 14.7. The first-order valence-corrected chi connectivity index (χ1v) is 14.0. The molecule has 4 aromatic rings. The molecular formula is C23H26N6O3S2. The minimum absolute atomic E-state index is 0.137. The second kappa shape index (κ2) is 8.24. The van der Waals surface area contributed by atoms with Gasteiger partial charge in [0.2, 0.25) is 10.0 Å². The SMILES string of the molecule is CCc1nc(N2CCN(S(=O)(=O)c3cccc4nonc34)CC2)c2c3c(sc2n1)C[C@@H](C)CC3. The molecule has 1 saturated heterocycles. The third-order valence-electron chi connectivity index (χ3n) is 6.90. The number of fused-ring (bicyclic) bond motifs is 4. The van der Waals surface area contributed by atoms with Gasteiger partial charge in [0, 0.05) is 37.5 Å². The fourth-order valence-electron chi connectivity index (χ4n) is 5.02. The van der Waals surface area contributed by atoms with Crippen LogP contribution in [-0.4, -0.2) is 59.2 Å². The number of aromatic nitrogens is 4. The number of rotatable bonds is 4. The van der Waals surface area contributed by atoms with E-state index in [0.717, 1.165) is 35.7 Å². The molecule has 1 atom stereocenters. The van der Waals surface area contributed by atoms with E-state index in [1.165, 1.54) is 26.6 Å². The van der Waals surface area contributed by atoms with Gasteiger partial charge in [0.25, 0.3) is 0 Å². The fourth-order valence-corrected chi connectivity index (χ4v) is 7.98. The third-order valence-corrected chi connectivity index (χ3v) is 9.98. The average molecular weight is 499 g/mol. The largest absolute Gasteiger partial charge is 0.353 e. The van der Waals surface area contributed by atoms with Crippen LogP contribution in [0.25, 0.3) is 21.3 Å². The van der Waals surface area contributed by atoms with Crippen molar-refractivity contribution in [1.82, 2.24) is 24.6 Å². The summed E-state index contributed by atoms with van der Waals surface area (Å²) in [6, 6.07) is 4.92. The van der Waals surface area contributed by atoms with Crippen molar-refractivity contribution in [2.45, 2.75) is 44.4 Å². The summed E-state index contributed by atoms with van der Waals surface area (Å²) in [7, 11) is -3.72. The molecule has 6 rings (SSSR count). The Kier molecular flexibility index (Phi) is 5.30. The lowest BCUT2D eigenvalue weighted by Crippen LogP contribution is -2.49. The zero-order valence-corrected chi connectivity index (χ0v) is 20.8. The number of anilines is 1. The molecule has 1 aromatic carbocycles. The van der Waals surface area contributed by atoms with E-state index in [1.54, 1.807) is 18.2 Å². The number of benzene rings is 1. The molecule has 4 heterocycles. The lowest BCUT2D eigenvalue weighted by atomic mass is 9.89. The molecule has 9 nitrogen and oxygen atoms in total. The number of nitrogens with zero attached hydrogens (tertiary/aromatic N) is 6. The second-order valence-electron chi connectivity index (χ2n) is 9.13. The zero-order chi connectivity index (χ0) is 23.4. The summed E-state index contributed by atoms with van der Waals surface area (Å²) in [6.07, 6.45) is 4.11. The summed E-state index contributed by atoms with van der Waals surface area (Å²) in [5.41, 5.74) is 2.11. The van der Waals surface area contributed by atoms with E-state index in [2.05, 4.69) is 29.1 Å². The summed E-state index contributed by atoms with van der Waals surface area (Å²) >= 11 is 1.81. The Labute approximate surface area is 201 Å². The Bertz CT molecular complexity index is 1490. The van der Waals surface area contributed by atoms with Gasteiger partial charge in [-0.05, 0) is 53.2 Å². The maximum absolute atomic E-state index is 13.4. The van der Waals surface area contributed by atoms with E-state index >= 15 is 0 Å². The van der Waals surface area contributed by atoms with Crippen LogP contribution in [0.1, 0.15) is 36.5 Å². The van der Waals surface area contributed by atoms with Gasteiger partial charge >= 0.3 is 0 Å². The molecule has 0 amide bonds. The molecule has 34 heavy (non-hydrogen) atoms. The average Bonchev–Trinajstić information content (AvgIpc) is 3.47. The van der Waals surface area contributed by atoms with Crippen molar-refractivity contribution >= 4 is 48.4 Å². The zero-order valence-electron chi connectivity index (χ0n) is 19.2. The highest BCUT2D eigenvalue weighted by Crippen LogP contribution is 2.41. The Morgan fingerprint density at radius 2 is 1.97 bits per heavy atom. The molecule has 0 saturated carbocycles. The van der Waals surface area contributed by atoms with Crippen molar-refractivity contribution in [1.29, 1.82) is 0 Å². The van der Waals surface area contributed by atoms with Gasteiger partial charge in [-0.3, -0.25) is 0 Å². The topological polar surface area (TPSA) is 105 Å². The predicted molar refractivity (Wildman–Crippen MR) is 131 cm³/mol. The maximum atomic E-state index is 13.4. The molecule has 2 aliphatic rings. The van der Waals surface area contributed by atoms with Gasteiger partial charge in [0.05, 0.1) is 5.39 Å². The van der Waals surface area contributed by atoms with Gasteiger partial charge in [0.1, 0.15) is 26.9 Å². The van der Waals surface area contributed by atoms with Crippen LogP contribution in [0.4, 0.5) is 5.82 Å². The van der Waals surface area contributed by atoms with Crippen LogP contribution in [0.15, 0.2) is 27.7 Å². The van der Waals surface area contributed by atoms with Crippen molar-refractivity contribution in [3.05, 3.63) is 34.5 Å². The van der Waals surface area contributed by atoms with Crippen LogP contribution < -0.4 is 4.90 Å². The Morgan fingerprint density at radius 3 is 2.76 bits per heavy atom. The van der Waals surface area contributed by atoms with Gasteiger partial charge in [-0.25, -0.2) is 23.0 Å². The Morgan fingerprint density at radius 1 is 1.15 bits per heavy atom. The van der Waals surface area contributed by atoms with Gasteiger partial charge in [-0.1, -0.05) is 19.9 Å². The summed E-state index contributed by atoms with van der Waals surface area (Å²) < 4.78 is 33.1.